The first-order valence-corrected chi connectivity index (χ1v) is 9.03. The van der Waals surface area contributed by atoms with E-state index in [1.54, 1.807) is 20.0 Å². The average Bonchev–Trinajstić information content (AvgIpc) is 3.16. The zero-order valence-electron chi connectivity index (χ0n) is 14.5. The number of methoxy groups -OCH3 is 1. The molecule has 1 aromatic rings. The fourth-order valence-corrected chi connectivity index (χ4v) is 3.58. The topological polar surface area (TPSA) is 75.9 Å². The molecule has 0 bridgehead atoms. The van der Waals surface area contributed by atoms with Crippen molar-refractivity contribution < 1.29 is 13.9 Å². The molecular weight excluding hydrogens is 441 g/mol. The minimum absolute atomic E-state index is 0. The molecule has 6 nitrogen and oxygen atoms in total. The maximum absolute atomic E-state index is 11.6. The van der Waals surface area contributed by atoms with Gasteiger partial charge in [0.1, 0.15) is 17.1 Å². The summed E-state index contributed by atoms with van der Waals surface area (Å²) in [5.41, 5.74) is 0.464. The number of hydrogen-bond acceptors (Lipinski definition) is 5. The van der Waals surface area contributed by atoms with Gasteiger partial charge < -0.3 is 19.8 Å². The molecule has 1 aliphatic carbocycles. The van der Waals surface area contributed by atoms with Crippen LogP contribution >= 0.6 is 35.7 Å². The van der Waals surface area contributed by atoms with E-state index in [0.717, 1.165) is 17.6 Å². The van der Waals surface area contributed by atoms with Gasteiger partial charge in [0.05, 0.1) is 13.7 Å². The highest BCUT2D eigenvalue weighted by Gasteiger charge is 2.24. The predicted molar refractivity (Wildman–Crippen MR) is 108 cm³/mol. The van der Waals surface area contributed by atoms with Gasteiger partial charge in [0.2, 0.25) is 0 Å². The molecule has 0 spiro atoms. The Balaban J connectivity index is 0.00000288. The van der Waals surface area contributed by atoms with E-state index in [0.29, 0.717) is 29.7 Å². The van der Waals surface area contributed by atoms with E-state index in [1.165, 1.54) is 20.0 Å². The van der Waals surface area contributed by atoms with Crippen LogP contribution in [0.3, 0.4) is 0 Å². The summed E-state index contributed by atoms with van der Waals surface area (Å²) in [6.45, 7) is 2.22. The summed E-state index contributed by atoms with van der Waals surface area (Å²) in [6.07, 6.45) is 5.74. The number of carbonyl (C=O) groups excluding carboxylic acids is 1. The Morgan fingerprint density at radius 2 is 2.25 bits per heavy atom. The number of hydrogen-bond donors (Lipinski definition) is 2. The SMILES string of the molecule is CN=C(NCc1cc(C(=O)OC)c(C)o1)NC1CCC(SC)C1.I. The van der Waals surface area contributed by atoms with E-state index in [4.69, 9.17) is 9.15 Å². The summed E-state index contributed by atoms with van der Waals surface area (Å²) < 4.78 is 10.3. The highest BCUT2D eigenvalue weighted by Crippen LogP contribution is 2.28. The zero-order chi connectivity index (χ0) is 16.8. The third kappa shape index (κ3) is 5.58. The lowest BCUT2D eigenvalue weighted by molar-refractivity contribution is 0.0599. The van der Waals surface area contributed by atoms with E-state index in [1.807, 2.05) is 11.8 Å². The number of thioether (sulfide) groups is 1. The molecule has 0 aliphatic heterocycles. The van der Waals surface area contributed by atoms with Crippen molar-refractivity contribution >= 4 is 47.7 Å². The van der Waals surface area contributed by atoms with Crippen molar-refractivity contribution in [1.82, 2.24) is 10.6 Å². The molecule has 1 heterocycles. The minimum atomic E-state index is -0.380. The second kappa shape index (κ2) is 10.2. The van der Waals surface area contributed by atoms with E-state index >= 15 is 0 Å². The number of esters is 1. The Hall–Kier alpha value is -0.900. The van der Waals surface area contributed by atoms with Crippen molar-refractivity contribution in [3.05, 3.63) is 23.2 Å². The standard InChI is InChI=1S/C16H25N3O3S.HI/c1-10-14(15(20)21-3)8-12(22-10)9-18-16(17-2)19-11-5-6-13(7-11)23-4;/h8,11,13H,5-7,9H2,1-4H3,(H2,17,18,19);1H. The number of furan rings is 1. The second-order valence-electron chi connectivity index (χ2n) is 5.61. The molecule has 24 heavy (non-hydrogen) atoms. The van der Waals surface area contributed by atoms with Crippen molar-refractivity contribution in [2.45, 2.75) is 44.0 Å². The monoisotopic (exact) mass is 467 g/mol. The van der Waals surface area contributed by atoms with E-state index < -0.39 is 0 Å². The zero-order valence-corrected chi connectivity index (χ0v) is 17.7. The third-order valence-corrected chi connectivity index (χ3v) is 5.18. The van der Waals surface area contributed by atoms with Crippen LogP contribution in [0.2, 0.25) is 0 Å². The van der Waals surface area contributed by atoms with Crippen molar-refractivity contribution in [1.29, 1.82) is 0 Å². The Morgan fingerprint density at radius 3 is 2.83 bits per heavy atom. The van der Waals surface area contributed by atoms with Crippen LogP contribution < -0.4 is 10.6 Å². The largest absolute Gasteiger partial charge is 0.465 e. The number of carbonyl (C=O) groups is 1. The number of halogens is 1. The van der Waals surface area contributed by atoms with Gasteiger partial charge in [0.25, 0.3) is 0 Å². The van der Waals surface area contributed by atoms with Gasteiger partial charge in [-0.05, 0) is 38.5 Å². The van der Waals surface area contributed by atoms with Crippen LogP contribution in [0, 0.1) is 6.92 Å². The molecular formula is C16H26IN3O3S. The van der Waals surface area contributed by atoms with Crippen LogP contribution in [0.5, 0.6) is 0 Å². The highest BCUT2D eigenvalue weighted by atomic mass is 127. The maximum Gasteiger partial charge on any atom is 0.341 e. The van der Waals surface area contributed by atoms with Crippen molar-refractivity contribution in [3.8, 4) is 0 Å². The van der Waals surface area contributed by atoms with Gasteiger partial charge in [-0.15, -0.1) is 24.0 Å². The third-order valence-electron chi connectivity index (χ3n) is 4.09. The van der Waals surface area contributed by atoms with Crippen LogP contribution in [0.1, 0.15) is 41.1 Å². The number of aryl methyl sites for hydroxylation is 1. The van der Waals surface area contributed by atoms with Crippen LogP contribution in [0.15, 0.2) is 15.5 Å². The number of guanidine groups is 1. The smallest absolute Gasteiger partial charge is 0.341 e. The highest BCUT2D eigenvalue weighted by molar-refractivity contribution is 14.0. The first-order valence-electron chi connectivity index (χ1n) is 7.75. The quantitative estimate of drug-likeness (QED) is 0.300. The van der Waals surface area contributed by atoms with Crippen molar-refractivity contribution in [3.63, 3.8) is 0 Å². The molecule has 0 radical (unpaired) electrons. The molecule has 1 aliphatic rings. The van der Waals surface area contributed by atoms with E-state index in [9.17, 15) is 4.79 Å². The molecule has 2 N–H and O–H groups in total. The Kier molecular flexibility index (Phi) is 8.96. The fourth-order valence-electron chi connectivity index (χ4n) is 2.79. The minimum Gasteiger partial charge on any atom is -0.465 e. The lowest BCUT2D eigenvalue weighted by atomic mass is 10.2. The number of nitrogens with one attached hydrogen (secondary N) is 2. The molecule has 1 saturated carbocycles. The summed E-state index contributed by atoms with van der Waals surface area (Å²) in [4.78, 5) is 15.8. The van der Waals surface area contributed by atoms with Gasteiger partial charge in [0.15, 0.2) is 5.96 Å². The molecule has 1 fully saturated rings. The Morgan fingerprint density at radius 1 is 1.50 bits per heavy atom. The van der Waals surface area contributed by atoms with Gasteiger partial charge in [-0.25, -0.2) is 4.79 Å². The predicted octanol–water partition coefficient (Wildman–Crippen LogP) is 2.94. The normalized spacial score (nSPS) is 20.4. The number of nitrogens with zero attached hydrogens (tertiary/aromatic N) is 1. The van der Waals surface area contributed by atoms with E-state index in [2.05, 4.69) is 21.9 Å². The summed E-state index contributed by atoms with van der Waals surface area (Å²) in [5.74, 6) is 1.62. The first kappa shape index (κ1) is 21.1. The number of aliphatic imine (C=N–C) groups is 1. The van der Waals surface area contributed by atoms with Crippen LogP contribution in [-0.4, -0.2) is 43.6 Å². The fraction of sp³-hybridized carbons (Fsp3) is 0.625. The van der Waals surface area contributed by atoms with Crippen LogP contribution in [0.25, 0.3) is 0 Å². The van der Waals surface area contributed by atoms with Gasteiger partial charge in [-0.1, -0.05) is 0 Å². The van der Waals surface area contributed by atoms with Gasteiger partial charge >= 0.3 is 5.97 Å². The average molecular weight is 467 g/mol. The van der Waals surface area contributed by atoms with Gasteiger partial charge in [-0.3, -0.25) is 4.99 Å². The number of rotatable bonds is 5. The summed E-state index contributed by atoms with van der Waals surface area (Å²) >= 11 is 1.93. The number of ether oxygens (including phenoxy) is 1. The molecule has 8 heteroatoms. The van der Waals surface area contributed by atoms with E-state index in [-0.39, 0.29) is 29.9 Å². The molecule has 0 saturated heterocycles. The Labute approximate surface area is 164 Å². The van der Waals surface area contributed by atoms with Crippen LogP contribution in [0.4, 0.5) is 0 Å². The van der Waals surface area contributed by atoms with Crippen molar-refractivity contribution in [2.24, 2.45) is 4.99 Å². The molecule has 0 aromatic carbocycles. The maximum atomic E-state index is 11.6. The molecule has 136 valence electrons. The summed E-state index contributed by atoms with van der Waals surface area (Å²) in [5, 5.41) is 7.41. The lowest BCUT2D eigenvalue weighted by Crippen LogP contribution is -2.42. The molecule has 2 atom stereocenters. The molecule has 2 unspecified atom stereocenters. The molecule has 0 amide bonds. The summed E-state index contributed by atoms with van der Waals surface area (Å²) in [6, 6.07) is 2.17. The molecule has 2 rings (SSSR count). The Bertz CT molecular complexity index is 577. The van der Waals surface area contributed by atoms with Gasteiger partial charge in [0, 0.05) is 18.3 Å². The first-order chi connectivity index (χ1) is 11.1. The summed E-state index contributed by atoms with van der Waals surface area (Å²) in [7, 11) is 3.12. The lowest BCUT2D eigenvalue weighted by Gasteiger charge is -2.16. The second-order valence-corrected chi connectivity index (χ2v) is 6.75. The van der Waals surface area contributed by atoms with Gasteiger partial charge in [-0.2, -0.15) is 11.8 Å². The molecule has 1 aromatic heterocycles. The van der Waals surface area contributed by atoms with Crippen LogP contribution in [-0.2, 0) is 11.3 Å². The van der Waals surface area contributed by atoms with Crippen molar-refractivity contribution in [2.75, 3.05) is 20.4 Å².